The average molecular weight is 221 g/mol. The van der Waals surface area contributed by atoms with Crippen molar-refractivity contribution in [2.45, 2.75) is 58.5 Å². The highest BCUT2D eigenvalue weighted by Crippen LogP contribution is 2.43. The predicted molar refractivity (Wildman–Crippen MR) is 66.0 cm³/mol. The fraction of sp³-hybridized carbons (Fsp3) is 0.769. The lowest BCUT2D eigenvalue weighted by atomic mass is 9.68. The molecule has 0 atom stereocenters. The second-order valence-electron chi connectivity index (χ2n) is 5.91. The Morgan fingerprint density at radius 1 is 1.31 bits per heavy atom. The molecule has 1 aliphatic rings. The van der Waals surface area contributed by atoms with Crippen molar-refractivity contribution in [2.24, 2.45) is 11.1 Å². The van der Waals surface area contributed by atoms with Gasteiger partial charge in [0.25, 0.3) is 0 Å². The third-order valence-corrected chi connectivity index (χ3v) is 4.03. The summed E-state index contributed by atoms with van der Waals surface area (Å²) < 4.78 is 1.96. The van der Waals surface area contributed by atoms with Crippen LogP contribution in [0.5, 0.6) is 0 Å². The molecule has 1 aromatic rings. The number of rotatable bonds is 2. The number of nitrogens with zero attached hydrogens (tertiary/aromatic N) is 2. The molecule has 2 rings (SSSR count). The summed E-state index contributed by atoms with van der Waals surface area (Å²) in [6.07, 6.45) is 8.63. The third-order valence-electron chi connectivity index (χ3n) is 4.03. The number of hydrogen-bond donors (Lipinski definition) is 1. The van der Waals surface area contributed by atoms with E-state index in [0.717, 1.165) is 19.4 Å². The zero-order valence-corrected chi connectivity index (χ0v) is 10.7. The molecule has 0 aliphatic heterocycles. The summed E-state index contributed by atoms with van der Waals surface area (Å²) in [4.78, 5) is 0. The molecule has 2 N–H and O–H groups in total. The Bertz CT molecular complexity index is 355. The van der Waals surface area contributed by atoms with Gasteiger partial charge in [0.2, 0.25) is 0 Å². The lowest BCUT2D eigenvalue weighted by molar-refractivity contribution is 0.165. The fourth-order valence-corrected chi connectivity index (χ4v) is 2.46. The molecule has 0 amide bonds. The Balaban J connectivity index is 2.14. The molecular weight excluding hydrogens is 198 g/mol. The van der Waals surface area contributed by atoms with Gasteiger partial charge in [-0.3, -0.25) is 4.68 Å². The molecule has 3 nitrogen and oxygen atoms in total. The van der Waals surface area contributed by atoms with Crippen LogP contribution < -0.4 is 5.73 Å². The van der Waals surface area contributed by atoms with E-state index in [0.29, 0.717) is 5.41 Å². The topological polar surface area (TPSA) is 43.8 Å². The third kappa shape index (κ3) is 2.14. The first-order valence-corrected chi connectivity index (χ1v) is 6.27. The van der Waals surface area contributed by atoms with E-state index in [1.807, 2.05) is 10.9 Å². The summed E-state index contributed by atoms with van der Waals surface area (Å²) in [5.41, 5.74) is 8.05. The van der Waals surface area contributed by atoms with E-state index in [2.05, 4.69) is 32.1 Å². The Morgan fingerprint density at radius 2 is 1.94 bits per heavy atom. The van der Waals surface area contributed by atoms with Gasteiger partial charge in [0, 0.05) is 23.8 Å². The van der Waals surface area contributed by atoms with Crippen LogP contribution in [0.4, 0.5) is 0 Å². The molecule has 0 radical (unpaired) electrons. The molecule has 0 saturated heterocycles. The van der Waals surface area contributed by atoms with Crippen molar-refractivity contribution in [3.63, 3.8) is 0 Å². The first-order valence-electron chi connectivity index (χ1n) is 6.27. The summed E-state index contributed by atoms with van der Waals surface area (Å²) >= 11 is 0. The van der Waals surface area contributed by atoms with E-state index in [1.165, 1.54) is 18.4 Å². The van der Waals surface area contributed by atoms with E-state index in [-0.39, 0.29) is 5.54 Å². The Hall–Kier alpha value is -0.830. The lowest BCUT2D eigenvalue weighted by Crippen LogP contribution is -2.42. The van der Waals surface area contributed by atoms with E-state index in [4.69, 9.17) is 5.73 Å². The molecule has 0 bridgehead atoms. The van der Waals surface area contributed by atoms with Crippen molar-refractivity contribution in [2.75, 3.05) is 0 Å². The maximum Gasteiger partial charge on any atom is 0.0540 e. The number of nitrogens with two attached hydrogens (primary N) is 1. The van der Waals surface area contributed by atoms with Crippen LogP contribution in [0.2, 0.25) is 0 Å². The zero-order valence-electron chi connectivity index (χ0n) is 10.7. The minimum Gasteiger partial charge on any atom is -0.321 e. The van der Waals surface area contributed by atoms with Crippen molar-refractivity contribution in [3.05, 3.63) is 18.0 Å². The molecule has 1 aromatic heterocycles. The minimum absolute atomic E-state index is 0.136. The van der Waals surface area contributed by atoms with Gasteiger partial charge < -0.3 is 5.73 Å². The molecule has 3 heteroatoms. The predicted octanol–water partition coefficient (Wildman–Crippen LogP) is 2.66. The van der Waals surface area contributed by atoms with Crippen molar-refractivity contribution < 1.29 is 0 Å². The Labute approximate surface area is 98.0 Å². The number of aryl methyl sites for hydroxylation is 1. The standard InChI is InChI=1S/C13H23N3/c1-4-16-10-11(9-15-16)13(14)7-5-12(2,3)6-8-13/h9-10H,4-8,14H2,1-3H3. The summed E-state index contributed by atoms with van der Waals surface area (Å²) in [5.74, 6) is 0. The van der Waals surface area contributed by atoms with Gasteiger partial charge in [-0.15, -0.1) is 0 Å². The van der Waals surface area contributed by atoms with Gasteiger partial charge in [-0.1, -0.05) is 13.8 Å². The molecule has 1 fully saturated rings. The van der Waals surface area contributed by atoms with Gasteiger partial charge in [0.05, 0.1) is 6.20 Å². The fourth-order valence-electron chi connectivity index (χ4n) is 2.46. The van der Waals surface area contributed by atoms with Gasteiger partial charge >= 0.3 is 0 Å². The average Bonchev–Trinajstić information content (AvgIpc) is 2.72. The van der Waals surface area contributed by atoms with Crippen molar-refractivity contribution in [1.82, 2.24) is 9.78 Å². The quantitative estimate of drug-likeness (QED) is 0.834. The van der Waals surface area contributed by atoms with Gasteiger partial charge in [0.15, 0.2) is 0 Å². The van der Waals surface area contributed by atoms with Gasteiger partial charge in [-0.05, 0) is 38.0 Å². The normalized spacial score (nSPS) is 23.2. The lowest BCUT2D eigenvalue weighted by Gasteiger charge is -2.40. The molecule has 90 valence electrons. The maximum absolute atomic E-state index is 6.52. The van der Waals surface area contributed by atoms with Crippen LogP contribution in [-0.2, 0) is 12.1 Å². The molecule has 1 heterocycles. The molecule has 0 aromatic carbocycles. The highest BCUT2D eigenvalue weighted by molar-refractivity contribution is 5.19. The largest absolute Gasteiger partial charge is 0.321 e. The van der Waals surface area contributed by atoms with Crippen LogP contribution in [0.3, 0.4) is 0 Å². The highest BCUT2D eigenvalue weighted by Gasteiger charge is 2.37. The van der Waals surface area contributed by atoms with Crippen LogP contribution in [0.25, 0.3) is 0 Å². The summed E-state index contributed by atoms with van der Waals surface area (Å²) in [6.45, 7) is 7.69. The van der Waals surface area contributed by atoms with Crippen molar-refractivity contribution in [3.8, 4) is 0 Å². The number of aromatic nitrogens is 2. The summed E-state index contributed by atoms with van der Waals surface area (Å²) in [7, 11) is 0. The Morgan fingerprint density at radius 3 is 2.44 bits per heavy atom. The highest BCUT2D eigenvalue weighted by atomic mass is 15.3. The van der Waals surface area contributed by atoms with Gasteiger partial charge in [0.1, 0.15) is 0 Å². The summed E-state index contributed by atoms with van der Waals surface area (Å²) in [6, 6.07) is 0. The summed E-state index contributed by atoms with van der Waals surface area (Å²) in [5, 5.41) is 4.33. The molecule has 0 spiro atoms. The van der Waals surface area contributed by atoms with E-state index in [9.17, 15) is 0 Å². The minimum atomic E-state index is -0.136. The SMILES string of the molecule is CCn1cc(C2(N)CCC(C)(C)CC2)cn1. The van der Waals surface area contributed by atoms with Crippen LogP contribution in [0, 0.1) is 5.41 Å². The molecular formula is C13H23N3. The molecule has 16 heavy (non-hydrogen) atoms. The Kier molecular flexibility index (Phi) is 2.82. The monoisotopic (exact) mass is 221 g/mol. The van der Waals surface area contributed by atoms with E-state index in [1.54, 1.807) is 0 Å². The van der Waals surface area contributed by atoms with Crippen LogP contribution in [-0.4, -0.2) is 9.78 Å². The van der Waals surface area contributed by atoms with Crippen molar-refractivity contribution in [1.29, 1.82) is 0 Å². The van der Waals surface area contributed by atoms with E-state index >= 15 is 0 Å². The van der Waals surface area contributed by atoms with Crippen LogP contribution in [0.15, 0.2) is 12.4 Å². The molecule has 0 unspecified atom stereocenters. The van der Waals surface area contributed by atoms with Crippen LogP contribution >= 0.6 is 0 Å². The zero-order chi connectivity index (χ0) is 11.8. The molecule has 1 saturated carbocycles. The van der Waals surface area contributed by atoms with E-state index < -0.39 is 0 Å². The first-order chi connectivity index (χ1) is 7.45. The maximum atomic E-state index is 6.52. The van der Waals surface area contributed by atoms with Crippen molar-refractivity contribution >= 4 is 0 Å². The molecule has 1 aliphatic carbocycles. The van der Waals surface area contributed by atoms with Gasteiger partial charge in [-0.2, -0.15) is 5.10 Å². The van der Waals surface area contributed by atoms with Crippen LogP contribution in [0.1, 0.15) is 52.0 Å². The second kappa shape index (κ2) is 3.88. The van der Waals surface area contributed by atoms with Gasteiger partial charge in [-0.25, -0.2) is 0 Å². The number of hydrogen-bond acceptors (Lipinski definition) is 2. The second-order valence-corrected chi connectivity index (χ2v) is 5.91. The smallest absolute Gasteiger partial charge is 0.0540 e. The first kappa shape index (κ1) is 11.6.